The van der Waals surface area contributed by atoms with Crippen molar-refractivity contribution < 1.29 is 4.74 Å². The molecule has 0 saturated carbocycles. The molecule has 0 amide bonds. The molecule has 0 atom stereocenters. The van der Waals surface area contributed by atoms with Crippen LogP contribution in [-0.2, 0) is 0 Å². The monoisotopic (exact) mass is 291 g/mol. The Hall–Kier alpha value is -0.0200. The summed E-state index contributed by atoms with van der Waals surface area (Å²) >= 11 is 6.76. The molecule has 0 bridgehead atoms. The van der Waals surface area contributed by atoms with Crippen LogP contribution >= 0.6 is 31.9 Å². The zero-order valence-corrected chi connectivity index (χ0v) is 9.64. The Balaban J connectivity index is 2.25. The van der Waals surface area contributed by atoms with Crippen molar-refractivity contribution in [2.24, 2.45) is 0 Å². The van der Waals surface area contributed by atoms with Gasteiger partial charge in [-0.1, -0.05) is 44.0 Å². The smallest absolute Gasteiger partial charge is 0.119 e. The molecule has 0 aliphatic heterocycles. The molecule has 3 heteroatoms. The molecule has 1 aromatic rings. The van der Waals surface area contributed by atoms with E-state index in [1.165, 1.54) is 0 Å². The molecule has 0 unspecified atom stereocenters. The molecule has 0 aliphatic carbocycles. The molecule has 1 rings (SSSR count). The Kier molecular flexibility index (Phi) is 4.69. The van der Waals surface area contributed by atoms with Gasteiger partial charge in [0.2, 0.25) is 0 Å². The quantitative estimate of drug-likeness (QED) is 0.773. The second-order valence-electron chi connectivity index (χ2n) is 2.26. The van der Waals surface area contributed by atoms with Crippen LogP contribution in [0.2, 0.25) is 0 Å². The number of rotatable bonds is 4. The minimum absolute atomic E-state index is 0.334. The Morgan fingerprint density at radius 1 is 1.33 bits per heavy atom. The van der Waals surface area contributed by atoms with E-state index in [1.54, 1.807) is 0 Å². The van der Waals surface area contributed by atoms with E-state index in [-0.39, 0.29) is 0 Å². The standard InChI is InChI=1S/C9H9Br2O/c10-9(11)6-7-12-8-4-2-1-3-5-8/h2-5,9H,6-7H2. The van der Waals surface area contributed by atoms with Crippen molar-refractivity contribution in [3.05, 3.63) is 30.3 Å². The van der Waals surface area contributed by atoms with Crippen molar-refractivity contribution in [1.29, 1.82) is 0 Å². The van der Waals surface area contributed by atoms with Crippen LogP contribution in [0.5, 0.6) is 5.75 Å². The molecule has 12 heavy (non-hydrogen) atoms. The lowest BCUT2D eigenvalue weighted by Gasteiger charge is -2.05. The summed E-state index contributed by atoms with van der Waals surface area (Å²) in [5.74, 6) is 0.898. The van der Waals surface area contributed by atoms with Gasteiger partial charge in [0.1, 0.15) is 5.75 Å². The van der Waals surface area contributed by atoms with Gasteiger partial charge >= 0.3 is 0 Å². The van der Waals surface area contributed by atoms with Crippen LogP contribution in [0.15, 0.2) is 24.3 Å². The highest BCUT2D eigenvalue weighted by Crippen LogP contribution is 2.14. The molecule has 0 fully saturated rings. The summed E-state index contributed by atoms with van der Waals surface area (Å²) in [5.41, 5.74) is 0. The maximum atomic E-state index is 5.44. The van der Waals surface area contributed by atoms with E-state index >= 15 is 0 Å². The van der Waals surface area contributed by atoms with Gasteiger partial charge in [-0.25, -0.2) is 0 Å². The van der Waals surface area contributed by atoms with Gasteiger partial charge < -0.3 is 4.74 Å². The molecule has 0 aliphatic rings. The first kappa shape index (κ1) is 10.1. The van der Waals surface area contributed by atoms with Crippen molar-refractivity contribution in [3.8, 4) is 5.75 Å². The van der Waals surface area contributed by atoms with Crippen molar-refractivity contribution in [1.82, 2.24) is 0 Å². The third-order valence-corrected chi connectivity index (χ3v) is 2.21. The van der Waals surface area contributed by atoms with Crippen molar-refractivity contribution in [2.75, 3.05) is 6.61 Å². The predicted octanol–water partition coefficient (Wildman–Crippen LogP) is 3.37. The first-order chi connectivity index (χ1) is 5.79. The van der Waals surface area contributed by atoms with E-state index in [2.05, 4.69) is 37.9 Å². The van der Waals surface area contributed by atoms with Gasteiger partial charge in [0.25, 0.3) is 0 Å². The normalized spacial score (nSPS) is 10.2. The topological polar surface area (TPSA) is 9.23 Å². The largest absolute Gasteiger partial charge is 0.494 e. The Labute approximate surface area is 89.4 Å². The third-order valence-electron chi connectivity index (χ3n) is 1.29. The van der Waals surface area contributed by atoms with Gasteiger partial charge in [0, 0.05) is 6.42 Å². The summed E-state index contributed by atoms with van der Waals surface area (Å²) in [5, 5.41) is 0. The Morgan fingerprint density at radius 3 is 2.58 bits per heavy atom. The van der Waals surface area contributed by atoms with Crippen LogP contribution in [-0.4, -0.2) is 10.3 Å². The zero-order chi connectivity index (χ0) is 8.81. The number of hydrogen-bond acceptors (Lipinski definition) is 1. The number of halogens is 2. The van der Waals surface area contributed by atoms with Crippen molar-refractivity contribution in [2.45, 2.75) is 10.2 Å². The molecule has 1 nitrogen and oxygen atoms in total. The summed E-state index contributed by atoms with van der Waals surface area (Å²) in [6, 6.07) is 10.4. The van der Waals surface area contributed by atoms with E-state index in [1.807, 2.05) is 24.3 Å². The summed E-state index contributed by atoms with van der Waals surface area (Å²) in [7, 11) is 0. The fraction of sp³-hybridized carbons (Fsp3) is 0.333. The van der Waals surface area contributed by atoms with Crippen LogP contribution in [0, 0.1) is 6.07 Å². The summed E-state index contributed by atoms with van der Waals surface area (Å²) in [6.45, 7) is 0.713. The number of ether oxygens (including phenoxy) is 1. The highest BCUT2D eigenvalue weighted by atomic mass is 79.9. The van der Waals surface area contributed by atoms with Gasteiger partial charge in [0.05, 0.1) is 10.3 Å². The molecular weight excluding hydrogens is 284 g/mol. The van der Waals surface area contributed by atoms with Gasteiger partial charge in [0.15, 0.2) is 0 Å². The van der Waals surface area contributed by atoms with E-state index in [0.29, 0.717) is 10.3 Å². The molecule has 1 radical (unpaired) electrons. The van der Waals surface area contributed by atoms with E-state index < -0.39 is 0 Å². The van der Waals surface area contributed by atoms with Crippen molar-refractivity contribution in [3.63, 3.8) is 0 Å². The predicted molar refractivity (Wildman–Crippen MR) is 57.0 cm³/mol. The van der Waals surface area contributed by atoms with E-state index in [4.69, 9.17) is 4.74 Å². The minimum Gasteiger partial charge on any atom is -0.494 e. The molecule has 0 saturated heterocycles. The number of alkyl halides is 2. The SMILES string of the molecule is BrC(Br)CCOc1cc[c]cc1. The van der Waals surface area contributed by atoms with Crippen molar-refractivity contribution >= 4 is 31.9 Å². The van der Waals surface area contributed by atoms with E-state index in [9.17, 15) is 0 Å². The van der Waals surface area contributed by atoms with Crippen LogP contribution in [0.4, 0.5) is 0 Å². The molecule has 0 spiro atoms. The lowest BCUT2D eigenvalue weighted by atomic mass is 10.3. The van der Waals surface area contributed by atoms with E-state index in [0.717, 1.165) is 12.2 Å². The van der Waals surface area contributed by atoms with Gasteiger partial charge in [-0.3, -0.25) is 0 Å². The average molecular weight is 293 g/mol. The number of benzene rings is 1. The summed E-state index contributed by atoms with van der Waals surface area (Å²) < 4.78 is 5.77. The lowest BCUT2D eigenvalue weighted by molar-refractivity contribution is 0.317. The van der Waals surface area contributed by atoms with Crippen LogP contribution in [0.1, 0.15) is 6.42 Å². The zero-order valence-electron chi connectivity index (χ0n) is 6.47. The molecular formula is C9H9Br2O. The van der Waals surface area contributed by atoms with Gasteiger partial charge in [-0.2, -0.15) is 0 Å². The Morgan fingerprint density at radius 2 is 2.00 bits per heavy atom. The fourth-order valence-corrected chi connectivity index (χ4v) is 1.11. The summed E-state index contributed by atoms with van der Waals surface area (Å²) in [4.78, 5) is 0. The maximum Gasteiger partial charge on any atom is 0.119 e. The molecule has 0 N–H and O–H groups in total. The number of hydrogen-bond donors (Lipinski definition) is 0. The average Bonchev–Trinajstić information content (AvgIpc) is 2.05. The highest BCUT2D eigenvalue weighted by molar-refractivity contribution is 9.24. The van der Waals surface area contributed by atoms with Crippen LogP contribution < -0.4 is 4.74 Å². The fourth-order valence-electron chi connectivity index (χ4n) is 0.734. The first-order valence-corrected chi connectivity index (χ1v) is 5.49. The first-order valence-electron chi connectivity index (χ1n) is 3.66. The van der Waals surface area contributed by atoms with Gasteiger partial charge in [-0.05, 0) is 18.2 Å². The second kappa shape index (κ2) is 5.60. The van der Waals surface area contributed by atoms with Crippen LogP contribution in [0.3, 0.4) is 0 Å². The molecule has 0 heterocycles. The molecule has 0 aromatic heterocycles. The van der Waals surface area contributed by atoms with Gasteiger partial charge in [-0.15, -0.1) is 0 Å². The molecule has 65 valence electrons. The lowest BCUT2D eigenvalue weighted by Crippen LogP contribution is -2.00. The highest BCUT2D eigenvalue weighted by Gasteiger charge is 1.97. The van der Waals surface area contributed by atoms with Crippen LogP contribution in [0.25, 0.3) is 0 Å². The minimum atomic E-state index is 0.334. The Bertz CT molecular complexity index is 211. The molecule has 1 aromatic carbocycles. The summed E-state index contributed by atoms with van der Waals surface area (Å²) in [6.07, 6.45) is 0.943. The third kappa shape index (κ3) is 4.12. The second-order valence-corrected chi connectivity index (χ2v) is 5.70. The maximum absolute atomic E-state index is 5.44.